The van der Waals surface area contributed by atoms with E-state index in [0.29, 0.717) is 6.54 Å². The number of nitrogens with zero attached hydrogens (tertiary/aromatic N) is 1. The van der Waals surface area contributed by atoms with Gasteiger partial charge in [0.25, 0.3) is 10.0 Å². The highest BCUT2D eigenvalue weighted by Gasteiger charge is 2.16. The second-order valence-electron chi connectivity index (χ2n) is 2.94. The molecule has 0 radical (unpaired) electrons. The molecule has 80 valence electrons. The summed E-state index contributed by atoms with van der Waals surface area (Å²) in [7, 11) is -0.180. The number of hydrogen-bond acceptors (Lipinski definition) is 5. The summed E-state index contributed by atoms with van der Waals surface area (Å²) in [5, 5.41) is 2.96. The molecule has 5 nitrogen and oxygen atoms in total. The lowest BCUT2D eigenvalue weighted by molar-refractivity contribution is 0.364. The van der Waals surface area contributed by atoms with Crippen molar-refractivity contribution < 1.29 is 8.42 Å². The van der Waals surface area contributed by atoms with E-state index in [-0.39, 0.29) is 4.90 Å². The van der Waals surface area contributed by atoms with Gasteiger partial charge in [0.1, 0.15) is 0 Å². The molecule has 0 amide bonds. The highest BCUT2D eigenvalue weighted by Crippen LogP contribution is 2.18. The van der Waals surface area contributed by atoms with Gasteiger partial charge in [0.15, 0.2) is 0 Å². The zero-order valence-corrected chi connectivity index (χ0v) is 9.65. The lowest BCUT2D eigenvalue weighted by Crippen LogP contribution is -2.35. The van der Waals surface area contributed by atoms with Crippen molar-refractivity contribution >= 4 is 21.4 Å². The predicted molar refractivity (Wildman–Crippen MR) is 56.2 cm³/mol. The summed E-state index contributed by atoms with van der Waals surface area (Å²) in [5.74, 6) is 0. The number of rotatable bonds is 4. The third-order valence-electron chi connectivity index (χ3n) is 1.44. The molecule has 14 heavy (non-hydrogen) atoms. The Morgan fingerprint density at radius 3 is 2.64 bits per heavy atom. The van der Waals surface area contributed by atoms with Crippen LogP contribution in [0.5, 0.6) is 0 Å². The Hall–Kier alpha value is -0.470. The van der Waals surface area contributed by atoms with Gasteiger partial charge in [-0.2, -0.15) is 0 Å². The number of nitrogens with one attached hydrogen (secondary N) is 1. The van der Waals surface area contributed by atoms with Gasteiger partial charge in [-0.1, -0.05) is 0 Å². The molecule has 0 atom stereocenters. The maximum atomic E-state index is 11.6. The second-order valence-corrected chi connectivity index (χ2v) is 5.60. The molecule has 1 rings (SSSR count). The molecule has 0 aliphatic heterocycles. The molecule has 1 aromatic rings. The fourth-order valence-corrected chi connectivity index (χ4v) is 3.14. The van der Waals surface area contributed by atoms with Gasteiger partial charge in [-0.3, -0.25) is 0 Å². The van der Waals surface area contributed by atoms with Crippen molar-refractivity contribution in [2.45, 2.75) is 11.4 Å². The molecule has 0 bridgehead atoms. The Kier molecular flexibility index (Phi) is 3.62. The van der Waals surface area contributed by atoms with Gasteiger partial charge in [-0.25, -0.2) is 13.4 Å². The fourth-order valence-electron chi connectivity index (χ4n) is 0.901. The summed E-state index contributed by atoms with van der Waals surface area (Å²) < 4.78 is 23.2. The van der Waals surface area contributed by atoms with E-state index in [4.69, 9.17) is 5.73 Å². The van der Waals surface area contributed by atoms with E-state index in [1.165, 1.54) is 16.3 Å². The topological polar surface area (TPSA) is 75.4 Å². The monoisotopic (exact) mass is 235 g/mol. The number of hydrazine groups is 1. The quantitative estimate of drug-likeness (QED) is 0.718. The highest BCUT2D eigenvalue weighted by atomic mass is 32.2. The maximum Gasteiger partial charge on any atom is 0.254 e. The summed E-state index contributed by atoms with van der Waals surface area (Å²) in [6.45, 7) is 0.363. The van der Waals surface area contributed by atoms with Crippen LogP contribution < -0.4 is 10.6 Å². The molecule has 0 fully saturated rings. The Morgan fingerprint density at radius 1 is 1.57 bits per heavy atom. The van der Waals surface area contributed by atoms with Crippen molar-refractivity contribution in [2.24, 2.45) is 5.73 Å². The summed E-state index contributed by atoms with van der Waals surface area (Å²) in [4.78, 5) is 3.46. The van der Waals surface area contributed by atoms with E-state index in [1.807, 2.05) is 0 Å². The van der Waals surface area contributed by atoms with Crippen molar-refractivity contribution in [3.05, 3.63) is 16.3 Å². The molecule has 0 aliphatic carbocycles. The zero-order valence-electron chi connectivity index (χ0n) is 8.02. The van der Waals surface area contributed by atoms with Gasteiger partial charge < -0.3 is 5.73 Å². The standard InChI is InChI=1S/C7H13N3O2S2/c1-10(2)9-14(11,12)7-3-6(4-8)13-5-7/h3,5,9H,4,8H2,1-2H3. The zero-order chi connectivity index (χ0) is 10.8. The number of hydrogen-bond donors (Lipinski definition) is 2. The lowest BCUT2D eigenvalue weighted by atomic mass is 10.5. The summed E-state index contributed by atoms with van der Waals surface area (Å²) in [5.41, 5.74) is 5.39. The van der Waals surface area contributed by atoms with Gasteiger partial charge in [0.2, 0.25) is 0 Å². The van der Waals surface area contributed by atoms with E-state index in [0.717, 1.165) is 4.88 Å². The molecule has 0 aromatic carbocycles. The number of nitrogens with two attached hydrogens (primary N) is 1. The molecule has 0 saturated heterocycles. The van der Waals surface area contributed by atoms with E-state index in [9.17, 15) is 8.42 Å². The van der Waals surface area contributed by atoms with Gasteiger partial charge in [0.05, 0.1) is 4.90 Å². The molecule has 7 heteroatoms. The SMILES string of the molecule is CN(C)NS(=O)(=O)c1csc(CN)c1. The second kappa shape index (κ2) is 4.37. The van der Waals surface area contributed by atoms with Crippen LogP contribution in [0.1, 0.15) is 4.88 Å². The molecule has 0 spiro atoms. The first-order valence-electron chi connectivity index (χ1n) is 3.93. The predicted octanol–water partition coefficient (Wildman–Crippen LogP) is -0.0383. The summed E-state index contributed by atoms with van der Waals surface area (Å²) in [6.07, 6.45) is 0. The van der Waals surface area contributed by atoms with Crippen LogP contribution in [-0.4, -0.2) is 27.5 Å². The Labute approximate surface area is 87.5 Å². The summed E-state index contributed by atoms with van der Waals surface area (Å²) >= 11 is 1.34. The van der Waals surface area contributed by atoms with Crippen LogP contribution in [0.3, 0.4) is 0 Å². The van der Waals surface area contributed by atoms with E-state index in [1.54, 1.807) is 25.5 Å². The Morgan fingerprint density at radius 2 is 2.21 bits per heavy atom. The molecule has 1 aromatic heterocycles. The van der Waals surface area contributed by atoms with Crippen LogP contribution in [0.2, 0.25) is 0 Å². The van der Waals surface area contributed by atoms with E-state index >= 15 is 0 Å². The van der Waals surface area contributed by atoms with Crippen LogP contribution in [0.15, 0.2) is 16.3 Å². The van der Waals surface area contributed by atoms with Crippen molar-refractivity contribution in [3.63, 3.8) is 0 Å². The minimum atomic E-state index is -3.42. The first-order chi connectivity index (χ1) is 6.45. The lowest BCUT2D eigenvalue weighted by Gasteiger charge is -2.10. The molecule has 3 N–H and O–H groups in total. The van der Waals surface area contributed by atoms with Crippen molar-refractivity contribution in [3.8, 4) is 0 Å². The molecule has 0 saturated carbocycles. The molecular weight excluding hydrogens is 222 g/mol. The highest BCUT2D eigenvalue weighted by molar-refractivity contribution is 7.89. The molecular formula is C7H13N3O2S2. The first kappa shape index (κ1) is 11.6. The number of sulfonamides is 1. The number of thiophene rings is 1. The third-order valence-corrected chi connectivity index (χ3v) is 4.01. The average molecular weight is 235 g/mol. The average Bonchev–Trinajstić information content (AvgIpc) is 2.49. The van der Waals surface area contributed by atoms with Crippen LogP contribution in [-0.2, 0) is 16.6 Å². The van der Waals surface area contributed by atoms with Gasteiger partial charge >= 0.3 is 0 Å². The van der Waals surface area contributed by atoms with Gasteiger partial charge in [-0.15, -0.1) is 16.2 Å². The minimum Gasteiger partial charge on any atom is -0.326 e. The van der Waals surface area contributed by atoms with Crippen LogP contribution >= 0.6 is 11.3 Å². The van der Waals surface area contributed by atoms with E-state index in [2.05, 4.69) is 4.83 Å². The van der Waals surface area contributed by atoms with Crippen LogP contribution in [0.25, 0.3) is 0 Å². The largest absolute Gasteiger partial charge is 0.326 e. The fraction of sp³-hybridized carbons (Fsp3) is 0.429. The summed E-state index contributed by atoms with van der Waals surface area (Å²) in [6, 6.07) is 1.58. The smallest absolute Gasteiger partial charge is 0.254 e. The minimum absolute atomic E-state index is 0.261. The molecule has 0 unspecified atom stereocenters. The first-order valence-corrected chi connectivity index (χ1v) is 6.29. The molecule has 0 aliphatic rings. The van der Waals surface area contributed by atoms with Crippen LogP contribution in [0, 0.1) is 0 Å². The van der Waals surface area contributed by atoms with Crippen molar-refractivity contribution in [1.82, 2.24) is 9.84 Å². The van der Waals surface area contributed by atoms with Crippen molar-refractivity contribution in [2.75, 3.05) is 14.1 Å². The van der Waals surface area contributed by atoms with Gasteiger partial charge in [0, 0.05) is 30.9 Å². The maximum absolute atomic E-state index is 11.6. The normalized spacial score (nSPS) is 12.3. The third kappa shape index (κ3) is 2.76. The molecule has 1 heterocycles. The van der Waals surface area contributed by atoms with Crippen molar-refractivity contribution in [1.29, 1.82) is 0 Å². The van der Waals surface area contributed by atoms with Crippen LogP contribution in [0.4, 0.5) is 0 Å². The van der Waals surface area contributed by atoms with Gasteiger partial charge in [-0.05, 0) is 6.07 Å². The van der Waals surface area contributed by atoms with E-state index < -0.39 is 10.0 Å². The Balaban J connectivity index is 2.93. The Bertz CT molecular complexity index is 397.